The van der Waals surface area contributed by atoms with Crippen molar-refractivity contribution in [1.29, 1.82) is 0 Å². The zero-order valence-corrected chi connectivity index (χ0v) is 14.7. The summed E-state index contributed by atoms with van der Waals surface area (Å²) in [6, 6.07) is 12.2. The maximum atomic E-state index is 12.9. The van der Waals surface area contributed by atoms with Crippen LogP contribution in [0.2, 0.25) is 0 Å². The lowest BCUT2D eigenvalue weighted by Gasteiger charge is -2.44. The summed E-state index contributed by atoms with van der Waals surface area (Å²) in [7, 11) is 1.88. The molecule has 1 saturated carbocycles. The van der Waals surface area contributed by atoms with Gasteiger partial charge in [0, 0.05) is 43.2 Å². The summed E-state index contributed by atoms with van der Waals surface area (Å²) < 4.78 is 0. The minimum absolute atomic E-state index is 0.0577. The molecule has 0 spiro atoms. The van der Waals surface area contributed by atoms with Gasteiger partial charge in [-0.2, -0.15) is 5.10 Å². The van der Waals surface area contributed by atoms with Crippen LogP contribution in [0.4, 0.5) is 5.82 Å². The first-order valence-corrected chi connectivity index (χ1v) is 9.12. The fourth-order valence-corrected chi connectivity index (χ4v) is 3.59. The van der Waals surface area contributed by atoms with Crippen molar-refractivity contribution in [3.8, 4) is 0 Å². The van der Waals surface area contributed by atoms with Crippen molar-refractivity contribution in [3.63, 3.8) is 0 Å². The lowest BCUT2D eigenvalue weighted by Crippen LogP contribution is -2.60. The molecule has 2 aromatic heterocycles. The number of likely N-dealkylation sites (N-methyl/N-ethyl adjacent to an activating group) is 1. The number of carbonyl (C=O) groups is 1. The molecule has 1 aliphatic heterocycles. The van der Waals surface area contributed by atoms with Crippen molar-refractivity contribution in [2.45, 2.75) is 24.8 Å². The van der Waals surface area contributed by atoms with Crippen LogP contribution >= 0.6 is 0 Å². The SMILES string of the molecule is CN(C(=O)c1c[nH]c2ccccc12)C1CN(c2ccc(C3CC3)nn2)C1. The lowest BCUT2D eigenvalue weighted by molar-refractivity contribution is 0.0707. The van der Waals surface area contributed by atoms with Gasteiger partial charge in [-0.3, -0.25) is 4.79 Å². The average Bonchev–Trinajstić information content (AvgIpc) is 3.39. The summed E-state index contributed by atoms with van der Waals surface area (Å²) in [5, 5.41) is 9.68. The van der Waals surface area contributed by atoms with Crippen LogP contribution in [0, 0.1) is 0 Å². The van der Waals surface area contributed by atoms with Crippen molar-refractivity contribution < 1.29 is 4.79 Å². The van der Waals surface area contributed by atoms with Gasteiger partial charge in [0.2, 0.25) is 0 Å². The fourth-order valence-electron chi connectivity index (χ4n) is 3.59. The van der Waals surface area contributed by atoms with Crippen LogP contribution in [0.15, 0.2) is 42.6 Å². The van der Waals surface area contributed by atoms with Gasteiger partial charge in [0.1, 0.15) is 0 Å². The number of nitrogens with one attached hydrogen (secondary N) is 1. The number of fused-ring (bicyclic) bond motifs is 1. The molecule has 0 radical (unpaired) electrons. The van der Waals surface area contributed by atoms with Crippen LogP contribution in [0.25, 0.3) is 10.9 Å². The van der Waals surface area contributed by atoms with Crippen molar-refractivity contribution in [3.05, 3.63) is 53.9 Å². The Morgan fingerprint density at radius 1 is 1.15 bits per heavy atom. The Morgan fingerprint density at radius 3 is 2.69 bits per heavy atom. The monoisotopic (exact) mass is 347 g/mol. The van der Waals surface area contributed by atoms with Crippen LogP contribution in [0.3, 0.4) is 0 Å². The van der Waals surface area contributed by atoms with E-state index in [1.54, 1.807) is 0 Å². The first kappa shape index (κ1) is 15.4. The van der Waals surface area contributed by atoms with Gasteiger partial charge in [0.15, 0.2) is 5.82 Å². The van der Waals surface area contributed by atoms with E-state index in [2.05, 4.69) is 32.2 Å². The summed E-state index contributed by atoms with van der Waals surface area (Å²) >= 11 is 0. The summed E-state index contributed by atoms with van der Waals surface area (Å²) in [6.07, 6.45) is 4.28. The number of amides is 1. The molecule has 1 aromatic carbocycles. The molecule has 1 N–H and O–H groups in total. The van der Waals surface area contributed by atoms with Gasteiger partial charge in [-0.1, -0.05) is 18.2 Å². The molecule has 6 heteroatoms. The van der Waals surface area contributed by atoms with Crippen LogP contribution in [0.1, 0.15) is 34.8 Å². The summed E-state index contributed by atoms with van der Waals surface area (Å²) in [6.45, 7) is 1.59. The van der Waals surface area contributed by atoms with E-state index in [-0.39, 0.29) is 11.9 Å². The topological polar surface area (TPSA) is 65.1 Å². The molecule has 0 unspecified atom stereocenters. The predicted molar refractivity (Wildman–Crippen MR) is 100 cm³/mol. The van der Waals surface area contributed by atoms with E-state index in [1.807, 2.05) is 42.4 Å². The highest BCUT2D eigenvalue weighted by atomic mass is 16.2. The lowest BCUT2D eigenvalue weighted by atomic mass is 10.1. The molecule has 2 aliphatic rings. The van der Waals surface area contributed by atoms with Gasteiger partial charge in [0.05, 0.1) is 17.3 Å². The van der Waals surface area contributed by atoms with Gasteiger partial charge in [0.25, 0.3) is 5.91 Å². The molecular formula is C20H21N5O. The van der Waals surface area contributed by atoms with Gasteiger partial charge in [-0.05, 0) is 31.0 Å². The Morgan fingerprint density at radius 2 is 1.96 bits per heavy atom. The number of benzene rings is 1. The van der Waals surface area contributed by atoms with Gasteiger partial charge >= 0.3 is 0 Å². The van der Waals surface area contributed by atoms with E-state index < -0.39 is 0 Å². The third-order valence-corrected chi connectivity index (χ3v) is 5.54. The van der Waals surface area contributed by atoms with Crippen LogP contribution < -0.4 is 4.90 Å². The number of anilines is 1. The molecule has 0 bridgehead atoms. The molecule has 3 aromatic rings. The van der Waals surface area contributed by atoms with Crippen LogP contribution in [-0.4, -0.2) is 52.2 Å². The molecule has 1 amide bonds. The number of carbonyl (C=O) groups excluding carboxylic acids is 1. The first-order valence-electron chi connectivity index (χ1n) is 9.12. The summed E-state index contributed by atoms with van der Waals surface area (Å²) in [4.78, 5) is 20.1. The zero-order chi connectivity index (χ0) is 17.7. The second kappa shape index (κ2) is 5.83. The molecule has 0 atom stereocenters. The zero-order valence-electron chi connectivity index (χ0n) is 14.7. The summed E-state index contributed by atoms with van der Waals surface area (Å²) in [5.41, 5.74) is 2.83. The van der Waals surface area contributed by atoms with Gasteiger partial charge in [-0.15, -0.1) is 5.10 Å². The normalized spacial score (nSPS) is 17.3. The number of nitrogens with zero attached hydrogens (tertiary/aromatic N) is 4. The standard InChI is InChI=1S/C20H21N5O/c1-24(20(26)16-10-21-18-5-3-2-4-15(16)18)14-11-25(12-14)19-9-8-17(22-23-19)13-6-7-13/h2-5,8-10,13-14,21H,6-7,11-12H2,1H3. The molecule has 1 aliphatic carbocycles. The fraction of sp³-hybridized carbons (Fsp3) is 0.350. The molecule has 132 valence electrons. The van der Waals surface area contributed by atoms with Crippen molar-refractivity contribution in [2.24, 2.45) is 0 Å². The molecule has 5 rings (SSSR count). The number of hydrogen-bond acceptors (Lipinski definition) is 4. The Balaban J connectivity index is 1.26. The van der Waals surface area contributed by atoms with Crippen LogP contribution in [0.5, 0.6) is 0 Å². The largest absolute Gasteiger partial charge is 0.360 e. The number of aromatic amines is 1. The molecule has 26 heavy (non-hydrogen) atoms. The molecule has 6 nitrogen and oxygen atoms in total. The highest BCUT2D eigenvalue weighted by Gasteiger charge is 2.34. The molecule has 1 saturated heterocycles. The third-order valence-electron chi connectivity index (χ3n) is 5.54. The Labute approximate surface area is 151 Å². The first-order chi connectivity index (χ1) is 12.7. The smallest absolute Gasteiger partial charge is 0.256 e. The second-order valence-electron chi connectivity index (χ2n) is 7.31. The summed E-state index contributed by atoms with van der Waals surface area (Å²) in [5.74, 6) is 1.58. The Kier molecular flexibility index (Phi) is 3.45. The highest BCUT2D eigenvalue weighted by molar-refractivity contribution is 6.06. The van der Waals surface area contributed by atoms with E-state index in [0.29, 0.717) is 5.92 Å². The van der Waals surface area contributed by atoms with Gasteiger partial charge < -0.3 is 14.8 Å². The van der Waals surface area contributed by atoms with E-state index in [9.17, 15) is 4.79 Å². The van der Waals surface area contributed by atoms with Gasteiger partial charge in [-0.25, -0.2) is 0 Å². The minimum atomic E-state index is 0.0577. The number of hydrogen-bond donors (Lipinski definition) is 1. The number of para-hydroxylation sites is 1. The van der Waals surface area contributed by atoms with Crippen LogP contribution in [-0.2, 0) is 0 Å². The van der Waals surface area contributed by atoms with E-state index in [0.717, 1.165) is 41.1 Å². The number of aromatic nitrogens is 3. The Hall–Kier alpha value is -2.89. The molecular weight excluding hydrogens is 326 g/mol. The van der Waals surface area contributed by atoms with E-state index in [1.165, 1.54) is 12.8 Å². The Bertz CT molecular complexity index is 954. The second-order valence-corrected chi connectivity index (χ2v) is 7.31. The quantitative estimate of drug-likeness (QED) is 0.788. The maximum Gasteiger partial charge on any atom is 0.256 e. The minimum Gasteiger partial charge on any atom is -0.360 e. The van der Waals surface area contributed by atoms with Crippen molar-refractivity contribution in [1.82, 2.24) is 20.1 Å². The van der Waals surface area contributed by atoms with Crippen molar-refractivity contribution in [2.75, 3.05) is 25.0 Å². The maximum absolute atomic E-state index is 12.9. The van der Waals surface area contributed by atoms with Crippen molar-refractivity contribution >= 4 is 22.6 Å². The average molecular weight is 347 g/mol. The van der Waals surface area contributed by atoms with E-state index >= 15 is 0 Å². The number of rotatable bonds is 4. The molecule has 3 heterocycles. The number of H-pyrrole nitrogens is 1. The molecule has 2 fully saturated rings. The van der Waals surface area contributed by atoms with E-state index in [4.69, 9.17) is 0 Å². The third kappa shape index (κ3) is 2.53. The predicted octanol–water partition coefficient (Wildman–Crippen LogP) is 2.80. The highest BCUT2D eigenvalue weighted by Crippen LogP contribution is 2.39.